The second-order valence-corrected chi connectivity index (χ2v) is 12.9. The van der Waals surface area contributed by atoms with Crippen LogP contribution in [0.1, 0.15) is 24.0 Å². The number of rotatable bonds is 10. The number of piperazine rings is 1. The molecule has 0 unspecified atom stereocenters. The van der Waals surface area contributed by atoms with Gasteiger partial charge in [0.15, 0.2) is 0 Å². The molecule has 2 saturated heterocycles. The quantitative estimate of drug-likeness (QED) is 0.361. The average Bonchev–Trinajstić information content (AvgIpc) is 3.53. The number of aryl methyl sites for hydroxylation is 1. The third-order valence-corrected chi connectivity index (χ3v) is 10.1. The van der Waals surface area contributed by atoms with E-state index < -0.39 is 34.0 Å². The molecular formula is C32H38N4O6S. The monoisotopic (exact) mass is 606 g/mol. The van der Waals surface area contributed by atoms with Crippen LogP contribution in [0.3, 0.4) is 0 Å². The van der Waals surface area contributed by atoms with Gasteiger partial charge in [0.1, 0.15) is 17.8 Å². The molecular weight excluding hydrogens is 568 g/mol. The Balaban J connectivity index is 1.19. The summed E-state index contributed by atoms with van der Waals surface area (Å²) in [6.45, 7) is 5.41. The van der Waals surface area contributed by atoms with Gasteiger partial charge in [0.2, 0.25) is 15.9 Å². The Labute approximate surface area is 252 Å². The summed E-state index contributed by atoms with van der Waals surface area (Å²) in [5.74, 6) is -0.908. The number of hydrogen-bond acceptors (Lipinski definition) is 7. The van der Waals surface area contributed by atoms with Crippen molar-refractivity contribution in [2.45, 2.75) is 43.2 Å². The lowest BCUT2D eigenvalue weighted by molar-refractivity contribution is -0.142. The van der Waals surface area contributed by atoms with Crippen molar-refractivity contribution >= 4 is 33.3 Å². The molecule has 5 rings (SSSR count). The van der Waals surface area contributed by atoms with E-state index in [-0.39, 0.29) is 17.9 Å². The van der Waals surface area contributed by atoms with E-state index in [0.29, 0.717) is 12.8 Å². The van der Waals surface area contributed by atoms with E-state index in [1.54, 1.807) is 19.2 Å². The van der Waals surface area contributed by atoms with Crippen LogP contribution >= 0.6 is 0 Å². The number of aliphatic carboxylic acids is 1. The zero-order chi connectivity index (χ0) is 30.6. The maximum atomic E-state index is 13.3. The lowest BCUT2D eigenvalue weighted by Crippen LogP contribution is -2.51. The zero-order valence-corrected chi connectivity index (χ0v) is 25.3. The van der Waals surface area contributed by atoms with Crippen molar-refractivity contribution in [2.75, 3.05) is 49.6 Å². The number of benzene rings is 3. The number of hydrogen-bond donors (Lipinski definition) is 2. The van der Waals surface area contributed by atoms with E-state index in [4.69, 9.17) is 4.74 Å². The molecule has 1 amide bonds. The number of methoxy groups -OCH3 is 1. The van der Waals surface area contributed by atoms with Crippen molar-refractivity contribution in [3.8, 4) is 5.75 Å². The molecule has 43 heavy (non-hydrogen) atoms. The molecule has 0 aliphatic carbocycles. The summed E-state index contributed by atoms with van der Waals surface area (Å²) in [5, 5.41) is 12.5. The van der Waals surface area contributed by atoms with E-state index in [9.17, 15) is 23.1 Å². The normalized spacial score (nSPS) is 18.3. The molecule has 0 spiro atoms. The zero-order valence-electron chi connectivity index (χ0n) is 24.5. The lowest BCUT2D eigenvalue weighted by Gasteiger charge is -2.37. The molecule has 10 nitrogen and oxygen atoms in total. The third kappa shape index (κ3) is 6.78. The predicted octanol–water partition coefficient (Wildman–Crippen LogP) is 3.30. The molecule has 11 heteroatoms. The Morgan fingerprint density at radius 3 is 2.23 bits per heavy atom. The van der Waals surface area contributed by atoms with E-state index in [0.717, 1.165) is 54.4 Å². The number of carboxylic acid groups (broad SMARTS) is 1. The number of anilines is 2. The van der Waals surface area contributed by atoms with E-state index in [2.05, 4.69) is 21.2 Å². The molecule has 0 saturated carbocycles. The summed E-state index contributed by atoms with van der Waals surface area (Å²) < 4.78 is 33.2. The minimum Gasteiger partial charge on any atom is -0.495 e. The molecule has 2 N–H and O–H groups in total. The molecule has 2 heterocycles. The molecule has 2 atom stereocenters. The molecule has 2 aliphatic rings. The molecule has 0 bridgehead atoms. The number of sulfonamides is 1. The van der Waals surface area contributed by atoms with Crippen LogP contribution in [0.15, 0.2) is 77.7 Å². The Bertz CT molecular complexity index is 1540. The van der Waals surface area contributed by atoms with E-state index >= 15 is 0 Å². The van der Waals surface area contributed by atoms with Crippen molar-refractivity contribution in [3.63, 3.8) is 0 Å². The van der Waals surface area contributed by atoms with E-state index in [1.165, 1.54) is 16.4 Å². The fraction of sp³-hybridized carbons (Fsp3) is 0.375. The van der Waals surface area contributed by atoms with Crippen LogP contribution in [0.4, 0.5) is 11.4 Å². The Hall–Kier alpha value is -4.09. The Morgan fingerprint density at radius 2 is 1.58 bits per heavy atom. The smallest absolute Gasteiger partial charge is 0.326 e. The summed E-state index contributed by atoms with van der Waals surface area (Å²) in [7, 11) is -2.21. The van der Waals surface area contributed by atoms with Gasteiger partial charge in [-0.2, -0.15) is 4.31 Å². The van der Waals surface area contributed by atoms with Gasteiger partial charge in [0, 0.05) is 44.8 Å². The van der Waals surface area contributed by atoms with Crippen molar-refractivity contribution in [1.82, 2.24) is 9.62 Å². The van der Waals surface area contributed by atoms with Gasteiger partial charge in [-0.25, -0.2) is 13.2 Å². The number of para-hydroxylation sites is 2. The van der Waals surface area contributed by atoms with Crippen LogP contribution in [-0.4, -0.2) is 81.6 Å². The number of nitrogens with zero attached hydrogens (tertiary/aromatic N) is 3. The summed E-state index contributed by atoms with van der Waals surface area (Å²) >= 11 is 0. The van der Waals surface area contributed by atoms with Crippen LogP contribution in [0.2, 0.25) is 0 Å². The second kappa shape index (κ2) is 13.0. The minimum absolute atomic E-state index is 0.0837. The fourth-order valence-corrected chi connectivity index (χ4v) is 7.44. The summed E-state index contributed by atoms with van der Waals surface area (Å²) in [6.07, 6.45) is 0.943. The topological polar surface area (TPSA) is 119 Å². The number of carbonyl (C=O) groups is 2. The molecule has 2 aliphatic heterocycles. The second-order valence-electron chi connectivity index (χ2n) is 11.0. The SMILES string of the molecule is COc1ccccc1N1CCN(c2ccc(C[C@H](NC(=O)[C@@H]3CCCN3S(=O)(=O)c3ccc(C)cc3)C(=O)O)cc2)CC1. The number of carboxylic acids is 1. The summed E-state index contributed by atoms with van der Waals surface area (Å²) in [4.78, 5) is 30.1. The van der Waals surface area contributed by atoms with Crippen LogP contribution in [-0.2, 0) is 26.0 Å². The lowest BCUT2D eigenvalue weighted by atomic mass is 10.0. The molecule has 3 aromatic rings. The maximum absolute atomic E-state index is 13.3. The first kappa shape index (κ1) is 30.4. The Morgan fingerprint density at radius 1 is 0.930 bits per heavy atom. The van der Waals surface area contributed by atoms with Crippen LogP contribution in [0.25, 0.3) is 0 Å². The largest absolute Gasteiger partial charge is 0.495 e. The first-order valence-electron chi connectivity index (χ1n) is 14.5. The van der Waals surface area contributed by atoms with Crippen molar-refractivity contribution in [2.24, 2.45) is 0 Å². The summed E-state index contributed by atoms with van der Waals surface area (Å²) in [6, 6.07) is 20.1. The first-order valence-corrected chi connectivity index (χ1v) is 15.9. The standard InChI is InChI=1S/C32H38N4O6S/c1-23-9-15-26(16-10-23)43(40,41)36-17-5-7-29(36)31(37)33-27(32(38)39)22-24-11-13-25(14-12-24)34-18-20-35(21-19-34)28-6-3-4-8-30(28)42-2/h3-4,6,8-16,27,29H,5,7,17-22H2,1-2H3,(H,33,37)(H,38,39)/t27-,29-/m0/s1. The van der Waals surface area contributed by atoms with Crippen LogP contribution < -0.4 is 19.9 Å². The van der Waals surface area contributed by atoms with Gasteiger partial charge in [-0.05, 0) is 61.7 Å². The van der Waals surface area contributed by atoms with Gasteiger partial charge in [-0.1, -0.05) is 42.0 Å². The van der Waals surface area contributed by atoms with Gasteiger partial charge >= 0.3 is 5.97 Å². The predicted molar refractivity (Wildman–Crippen MR) is 165 cm³/mol. The summed E-state index contributed by atoms with van der Waals surface area (Å²) in [5.41, 5.74) is 3.82. The maximum Gasteiger partial charge on any atom is 0.326 e. The van der Waals surface area contributed by atoms with Crippen LogP contribution in [0.5, 0.6) is 5.75 Å². The number of nitrogens with one attached hydrogen (secondary N) is 1. The average molecular weight is 607 g/mol. The highest BCUT2D eigenvalue weighted by molar-refractivity contribution is 7.89. The highest BCUT2D eigenvalue weighted by Gasteiger charge is 2.40. The number of amides is 1. The number of carbonyl (C=O) groups excluding carboxylic acids is 1. The number of ether oxygens (including phenoxy) is 1. The molecule has 3 aromatic carbocycles. The first-order chi connectivity index (χ1) is 20.7. The molecule has 2 fully saturated rings. The molecule has 0 radical (unpaired) electrons. The minimum atomic E-state index is -3.89. The third-order valence-electron chi connectivity index (χ3n) is 8.20. The molecule has 228 valence electrons. The highest BCUT2D eigenvalue weighted by Crippen LogP contribution is 2.30. The van der Waals surface area contributed by atoms with Gasteiger partial charge in [0.05, 0.1) is 17.7 Å². The van der Waals surface area contributed by atoms with Crippen LogP contribution in [0, 0.1) is 6.92 Å². The van der Waals surface area contributed by atoms with Crippen molar-refractivity contribution in [3.05, 3.63) is 83.9 Å². The van der Waals surface area contributed by atoms with Gasteiger partial charge < -0.3 is 25.0 Å². The van der Waals surface area contributed by atoms with Gasteiger partial charge in [-0.15, -0.1) is 0 Å². The highest BCUT2D eigenvalue weighted by atomic mass is 32.2. The van der Waals surface area contributed by atoms with Gasteiger partial charge in [0.25, 0.3) is 0 Å². The van der Waals surface area contributed by atoms with Crippen molar-refractivity contribution < 1.29 is 27.9 Å². The fourth-order valence-electron chi connectivity index (χ4n) is 5.78. The Kier molecular flexibility index (Phi) is 9.22. The molecule has 0 aromatic heterocycles. The van der Waals surface area contributed by atoms with Crippen molar-refractivity contribution in [1.29, 1.82) is 0 Å². The van der Waals surface area contributed by atoms with Gasteiger partial charge in [-0.3, -0.25) is 4.79 Å². The van der Waals surface area contributed by atoms with E-state index in [1.807, 2.05) is 49.4 Å².